The standard InChI is InChI=1S/C12H11ClO5/c1-17-8-5-3-7(4-6-8)10(14)9(13)11(15)12(16)18-2/h3-6,9H,1-2H3/t9-/m0/s1. The third-order valence-corrected chi connectivity index (χ3v) is 2.62. The van der Waals surface area contributed by atoms with E-state index in [4.69, 9.17) is 16.3 Å². The molecule has 0 aliphatic rings. The van der Waals surface area contributed by atoms with Crippen LogP contribution in [0.2, 0.25) is 0 Å². The van der Waals surface area contributed by atoms with Gasteiger partial charge in [0.15, 0.2) is 11.2 Å². The Balaban J connectivity index is 2.86. The lowest BCUT2D eigenvalue weighted by atomic mass is 10.1. The SMILES string of the molecule is COC(=O)C(=O)[C@@H](Cl)C(=O)c1ccc(OC)cc1. The molecule has 6 heteroatoms. The van der Waals surface area contributed by atoms with Crippen molar-refractivity contribution in [2.75, 3.05) is 14.2 Å². The summed E-state index contributed by atoms with van der Waals surface area (Å²) in [5, 5.41) is -1.58. The number of rotatable bonds is 5. The minimum Gasteiger partial charge on any atom is -0.497 e. The minimum absolute atomic E-state index is 0.216. The van der Waals surface area contributed by atoms with E-state index < -0.39 is 22.9 Å². The number of hydrogen-bond acceptors (Lipinski definition) is 5. The quantitative estimate of drug-likeness (QED) is 0.265. The van der Waals surface area contributed by atoms with Gasteiger partial charge in [-0.25, -0.2) is 4.79 Å². The summed E-state index contributed by atoms with van der Waals surface area (Å²) in [4.78, 5) is 34.1. The van der Waals surface area contributed by atoms with Crippen LogP contribution in [-0.4, -0.2) is 37.1 Å². The van der Waals surface area contributed by atoms with Crippen molar-refractivity contribution in [1.82, 2.24) is 0 Å². The summed E-state index contributed by atoms with van der Waals surface area (Å²) in [5.41, 5.74) is 0.216. The number of halogens is 1. The van der Waals surface area contributed by atoms with Gasteiger partial charge in [-0.1, -0.05) is 0 Å². The second-order valence-corrected chi connectivity index (χ2v) is 3.75. The van der Waals surface area contributed by atoms with Gasteiger partial charge in [0, 0.05) is 5.56 Å². The predicted molar refractivity (Wildman–Crippen MR) is 64.0 cm³/mol. The van der Waals surface area contributed by atoms with E-state index in [1.54, 1.807) is 12.1 Å². The maximum absolute atomic E-state index is 11.8. The van der Waals surface area contributed by atoms with Crippen LogP contribution >= 0.6 is 11.6 Å². The lowest BCUT2D eigenvalue weighted by molar-refractivity contribution is -0.151. The molecule has 0 bridgehead atoms. The zero-order valence-corrected chi connectivity index (χ0v) is 10.6. The molecular weight excluding hydrogens is 260 g/mol. The average Bonchev–Trinajstić information content (AvgIpc) is 2.44. The molecule has 0 unspecified atom stereocenters. The first-order valence-electron chi connectivity index (χ1n) is 4.95. The van der Waals surface area contributed by atoms with Gasteiger partial charge in [0.1, 0.15) is 5.75 Å². The topological polar surface area (TPSA) is 69.7 Å². The molecule has 1 aromatic carbocycles. The fourth-order valence-corrected chi connectivity index (χ4v) is 1.44. The third-order valence-electron chi connectivity index (χ3n) is 2.22. The molecule has 96 valence electrons. The van der Waals surface area contributed by atoms with E-state index in [0.717, 1.165) is 7.11 Å². The van der Waals surface area contributed by atoms with Crippen LogP contribution in [0, 0.1) is 0 Å². The van der Waals surface area contributed by atoms with Gasteiger partial charge in [0.05, 0.1) is 14.2 Å². The molecule has 1 atom stereocenters. The van der Waals surface area contributed by atoms with Crippen molar-refractivity contribution in [2.45, 2.75) is 5.38 Å². The predicted octanol–water partition coefficient (Wildman–Crippen LogP) is 1.23. The van der Waals surface area contributed by atoms with Crippen LogP contribution in [0.5, 0.6) is 5.75 Å². The highest BCUT2D eigenvalue weighted by Crippen LogP contribution is 2.15. The molecular formula is C12H11ClO5. The number of benzene rings is 1. The molecule has 0 aromatic heterocycles. The van der Waals surface area contributed by atoms with Crippen molar-refractivity contribution in [3.05, 3.63) is 29.8 Å². The van der Waals surface area contributed by atoms with Crippen molar-refractivity contribution in [3.8, 4) is 5.75 Å². The van der Waals surface area contributed by atoms with Crippen molar-refractivity contribution in [3.63, 3.8) is 0 Å². The zero-order chi connectivity index (χ0) is 13.7. The van der Waals surface area contributed by atoms with Gasteiger partial charge in [-0.15, -0.1) is 11.6 Å². The van der Waals surface area contributed by atoms with E-state index in [9.17, 15) is 14.4 Å². The Hall–Kier alpha value is -1.88. The number of ether oxygens (including phenoxy) is 2. The first-order valence-corrected chi connectivity index (χ1v) is 5.39. The molecule has 1 rings (SSSR count). The molecule has 0 fully saturated rings. The molecule has 18 heavy (non-hydrogen) atoms. The van der Waals surface area contributed by atoms with E-state index >= 15 is 0 Å². The van der Waals surface area contributed by atoms with Crippen LogP contribution in [0.3, 0.4) is 0 Å². The van der Waals surface area contributed by atoms with Gasteiger partial charge >= 0.3 is 5.97 Å². The number of carbonyl (C=O) groups excluding carboxylic acids is 3. The fourth-order valence-electron chi connectivity index (χ4n) is 1.22. The van der Waals surface area contributed by atoms with E-state index in [1.807, 2.05) is 0 Å². The smallest absolute Gasteiger partial charge is 0.376 e. The van der Waals surface area contributed by atoms with Crippen LogP contribution in [-0.2, 0) is 14.3 Å². The molecule has 0 amide bonds. The van der Waals surface area contributed by atoms with Gasteiger partial charge < -0.3 is 9.47 Å². The molecule has 1 aromatic rings. The van der Waals surface area contributed by atoms with Crippen molar-refractivity contribution >= 4 is 29.1 Å². The number of esters is 1. The van der Waals surface area contributed by atoms with E-state index in [-0.39, 0.29) is 5.56 Å². The number of alkyl halides is 1. The third kappa shape index (κ3) is 3.07. The van der Waals surface area contributed by atoms with Crippen molar-refractivity contribution in [1.29, 1.82) is 0 Å². The fraction of sp³-hybridized carbons (Fsp3) is 0.250. The Morgan fingerprint density at radius 1 is 1.11 bits per heavy atom. The molecule has 0 aliphatic heterocycles. The van der Waals surface area contributed by atoms with Crippen molar-refractivity contribution < 1.29 is 23.9 Å². The highest BCUT2D eigenvalue weighted by atomic mass is 35.5. The summed E-state index contributed by atoms with van der Waals surface area (Å²) in [5.74, 6) is -2.32. The number of carbonyl (C=O) groups is 3. The van der Waals surface area contributed by atoms with Gasteiger partial charge in [0.2, 0.25) is 0 Å². The van der Waals surface area contributed by atoms with E-state index in [1.165, 1.54) is 19.2 Å². The first kappa shape index (κ1) is 14.2. The van der Waals surface area contributed by atoms with Crippen LogP contribution in [0.25, 0.3) is 0 Å². The van der Waals surface area contributed by atoms with Gasteiger partial charge in [-0.2, -0.15) is 0 Å². The summed E-state index contributed by atoms with van der Waals surface area (Å²) in [7, 11) is 2.53. The monoisotopic (exact) mass is 270 g/mol. The molecule has 0 radical (unpaired) electrons. The van der Waals surface area contributed by atoms with Crippen LogP contribution < -0.4 is 4.74 Å². The maximum Gasteiger partial charge on any atom is 0.376 e. The Morgan fingerprint density at radius 2 is 1.67 bits per heavy atom. The minimum atomic E-state index is -1.58. The van der Waals surface area contributed by atoms with Crippen LogP contribution in [0.4, 0.5) is 0 Å². The second-order valence-electron chi connectivity index (χ2n) is 3.31. The summed E-state index contributed by atoms with van der Waals surface area (Å²) < 4.78 is 9.14. The molecule has 0 saturated heterocycles. The number of methoxy groups -OCH3 is 2. The summed E-state index contributed by atoms with van der Waals surface area (Å²) in [6, 6.07) is 6.03. The lowest BCUT2D eigenvalue weighted by Gasteiger charge is -2.07. The Kier molecular flexibility index (Phi) is 4.85. The van der Waals surface area contributed by atoms with Gasteiger partial charge in [-0.05, 0) is 24.3 Å². The average molecular weight is 271 g/mol. The Bertz CT molecular complexity index is 466. The normalized spacial score (nSPS) is 11.5. The van der Waals surface area contributed by atoms with Crippen molar-refractivity contribution in [2.24, 2.45) is 0 Å². The van der Waals surface area contributed by atoms with Gasteiger partial charge in [0.25, 0.3) is 5.78 Å². The van der Waals surface area contributed by atoms with Crippen LogP contribution in [0.1, 0.15) is 10.4 Å². The molecule has 0 N–H and O–H groups in total. The zero-order valence-electron chi connectivity index (χ0n) is 9.81. The molecule has 0 spiro atoms. The van der Waals surface area contributed by atoms with Crippen LogP contribution in [0.15, 0.2) is 24.3 Å². The number of Topliss-reactive ketones (excluding diaryl/α,β-unsaturated/α-hetero) is 2. The first-order chi connectivity index (χ1) is 8.51. The Morgan fingerprint density at radius 3 is 2.11 bits per heavy atom. The molecule has 5 nitrogen and oxygen atoms in total. The second kappa shape index (κ2) is 6.16. The number of ketones is 2. The molecule has 0 saturated carbocycles. The summed E-state index contributed by atoms with van der Waals surface area (Å²) in [6.07, 6.45) is 0. The number of hydrogen-bond donors (Lipinski definition) is 0. The highest BCUT2D eigenvalue weighted by molar-refractivity contribution is 6.56. The lowest BCUT2D eigenvalue weighted by Crippen LogP contribution is -2.31. The summed E-state index contributed by atoms with van der Waals surface area (Å²) >= 11 is 5.63. The largest absolute Gasteiger partial charge is 0.497 e. The molecule has 0 aliphatic carbocycles. The maximum atomic E-state index is 11.8. The molecule has 0 heterocycles. The van der Waals surface area contributed by atoms with Gasteiger partial charge in [-0.3, -0.25) is 9.59 Å². The van der Waals surface area contributed by atoms with E-state index in [0.29, 0.717) is 5.75 Å². The van der Waals surface area contributed by atoms with E-state index in [2.05, 4.69) is 4.74 Å². The summed E-state index contributed by atoms with van der Waals surface area (Å²) in [6.45, 7) is 0. The highest BCUT2D eigenvalue weighted by Gasteiger charge is 2.31. The Labute approximate surface area is 109 Å².